The average Bonchev–Trinajstić information content (AvgIpc) is 3.05. The van der Waals surface area contributed by atoms with Gasteiger partial charge in [0.1, 0.15) is 5.69 Å². The molecule has 8 heteroatoms. The van der Waals surface area contributed by atoms with Crippen LogP contribution in [0.2, 0.25) is 0 Å². The van der Waals surface area contributed by atoms with Crippen LogP contribution in [-0.4, -0.2) is 23.5 Å². The van der Waals surface area contributed by atoms with Gasteiger partial charge in [0.2, 0.25) is 0 Å². The molecule has 0 fully saturated rings. The summed E-state index contributed by atoms with van der Waals surface area (Å²) in [5.74, 6) is -0.860. The molecule has 3 rings (SSSR count). The Morgan fingerprint density at radius 3 is 2.56 bits per heavy atom. The predicted octanol–water partition coefficient (Wildman–Crippen LogP) is 1.03. The van der Waals surface area contributed by atoms with Crippen molar-refractivity contribution in [1.29, 1.82) is 0 Å². The molecule has 1 aromatic heterocycles. The van der Waals surface area contributed by atoms with Crippen LogP contribution >= 0.6 is 23.1 Å². The minimum atomic E-state index is -0.860. The number of anilines is 1. The van der Waals surface area contributed by atoms with Gasteiger partial charge in [0, 0.05) is 10.5 Å². The molecule has 27 heavy (non-hydrogen) atoms. The van der Waals surface area contributed by atoms with Gasteiger partial charge in [0.05, 0.1) is 17.5 Å². The molecular weight excluding hydrogens is 446 g/mol. The number of hydrazone groups is 1. The molecule has 0 amide bonds. The molecule has 0 atom stereocenters. The standard InChI is InChI=1S/C19H17N3O2S2.BrH/c1-25-15-9-7-13(8-10-15)12-20-22-19-21-18(14-5-3-2-4-6-14)16(26-19)11-17(23)24;/h2-10,12H,11H2,1H3,(H,21,22)(H,23,24);1H. The summed E-state index contributed by atoms with van der Waals surface area (Å²) in [6, 6.07) is 17.8. The fraction of sp³-hybridized carbons (Fsp3) is 0.105. The van der Waals surface area contributed by atoms with Gasteiger partial charge < -0.3 is 22.1 Å². The number of aliphatic carboxylic acids is 1. The van der Waals surface area contributed by atoms with Crippen molar-refractivity contribution in [3.05, 3.63) is 65.0 Å². The Hall–Kier alpha value is -2.16. The zero-order valence-corrected chi connectivity index (χ0v) is 17.7. The topological polar surface area (TPSA) is 75.8 Å². The van der Waals surface area contributed by atoms with E-state index in [-0.39, 0.29) is 23.4 Å². The van der Waals surface area contributed by atoms with Gasteiger partial charge in [-0.05, 0) is 35.3 Å². The van der Waals surface area contributed by atoms with Crippen LogP contribution in [0.25, 0.3) is 11.3 Å². The first-order valence-corrected chi connectivity index (χ1v) is 9.95. The highest BCUT2D eigenvalue weighted by molar-refractivity contribution is 7.98. The van der Waals surface area contributed by atoms with Gasteiger partial charge in [-0.2, -0.15) is 0 Å². The van der Waals surface area contributed by atoms with Crippen molar-refractivity contribution in [2.24, 2.45) is 5.10 Å². The fourth-order valence-electron chi connectivity index (χ4n) is 2.39. The van der Waals surface area contributed by atoms with E-state index in [1.165, 1.54) is 16.2 Å². The number of H-pyrrole nitrogens is 1. The van der Waals surface area contributed by atoms with Crippen LogP contribution in [0.15, 0.2) is 64.6 Å². The molecule has 3 N–H and O–H groups in total. The number of hydrogen-bond acceptors (Lipinski definition) is 5. The van der Waals surface area contributed by atoms with E-state index in [1.807, 2.05) is 60.9 Å². The number of halogens is 1. The lowest BCUT2D eigenvalue weighted by Crippen LogP contribution is -3.00. The number of carbonyl (C=O) groups is 1. The number of thioether (sulfide) groups is 1. The molecule has 2 aromatic carbocycles. The van der Waals surface area contributed by atoms with Crippen molar-refractivity contribution >= 4 is 40.4 Å². The highest BCUT2D eigenvalue weighted by Gasteiger charge is 2.19. The smallest absolute Gasteiger partial charge is 0.357 e. The maximum Gasteiger partial charge on any atom is 0.357 e. The number of aromatic nitrogens is 1. The highest BCUT2D eigenvalue weighted by Crippen LogP contribution is 2.27. The molecule has 140 valence electrons. The number of rotatable bonds is 7. The molecule has 0 aliphatic rings. The molecule has 3 aromatic rings. The first-order chi connectivity index (χ1) is 12.7. The van der Waals surface area contributed by atoms with Gasteiger partial charge >= 0.3 is 11.1 Å². The lowest BCUT2D eigenvalue weighted by atomic mass is 10.1. The second-order valence-electron chi connectivity index (χ2n) is 5.43. The molecule has 0 saturated heterocycles. The van der Waals surface area contributed by atoms with E-state index in [1.54, 1.807) is 18.0 Å². The van der Waals surface area contributed by atoms with Crippen LogP contribution in [0.4, 0.5) is 5.13 Å². The normalized spacial score (nSPS) is 10.6. The highest BCUT2D eigenvalue weighted by atomic mass is 79.9. The van der Waals surface area contributed by atoms with E-state index in [4.69, 9.17) is 5.11 Å². The summed E-state index contributed by atoms with van der Waals surface area (Å²) in [4.78, 5) is 16.3. The van der Waals surface area contributed by atoms with Gasteiger partial charge in [-0.1, -0.05) is 47.6 Å². The van der Waals surface area contributed by atoms with Crippen molar-refractivity contribution in [1.82, 2.24) is 0 Å². The Kier molecular flexibility index (Phi) is 8.02. The number of thiazole rings is 1. The Morgan fingerprint density at radius 1 is 1.22 bits per heavy atom. The van der Waals surface area contributed by atoms with Crippen LogP contribution in [0, 0.1) is 0 Å². The largest absolute Gasteiger partial charge is 1.00 e. The Bertz CT molecular complexity index is 912. The van der Waals surface area contributed by atoms with Gasteiger partial charge in [-0.25, -0.2) is 4.98 Å². The molecule has 0 bridgehead atoms. The third-order valence-corrected chi connectivity index (χ3v) is 5.35. The number of nitrogens with zero attached hydrogens (tertiary/aromatic N) is 1. The van der Waals surface area contributed by atoms with E-state index < -0.39 is 5.97 Å². The second kappa shape index (κ2) is 10.2. The van der Waals surface area contributed by atoms with Gasteiger partial charge in [0.25, 0.3) is 0 Å². The van der Waals surface area contributed by atoms with E-state index >= 15 is 0 Å². The number of aromatic amines is 1. The first-order valence-electron chi connectivity index (χ1n) is 7.91. The molecular formula is C19H18BrN3O2S2. The van der Waals surface area contributed by atoms with Crippen molar-refractivity contribution in [3.8, 4) is 11.3 Å². The molecule has 0 radical (unpaired) electrons. The average molecular weight is 464 g/mol. The van der Waals surface area contributed by atoms with Crippen LogP contribution in [0.5, 0.6) is 0 Å². The molecule has 0 aliphatic carbocycles. The molecule has 5 nitrogen and oxygen atoms in total. The first kappa shape index (κ1) is 21.1. The number of carboxylic acids is 1. The Labute approximate surface area is 176 Å². The summed E-state index contributed by atoms with van der Waals surface area (Å²) < 4.78 is 0. The molecule has 1 heterocycles. The third kappa shape index (κ3) is 5.92. The maximum absolute atomic E-state index is 11.2. The zero-order valence-electron chi connectivity index (χ0n) is 14.5. The monoisotopic (exact) mass is 463 g/mol. The van der Waals surface area contributed by atoms with Crippen molar-refractivity contribution in [3.63, 3.8) is 0 Å². The quantitative estimate of drug-likeness (QED) is 0.311. The summed E-state index contributed by atoms with van der Waals surface area (Å²) in [6.07, 6.45) is 3.74. The summed E-state index contributed by atoms with van der Waals surface area (Å²) in [7, 11) is 0. The SMILES string of the molecule is CSc1ccc(C=NNc2[nH+]c(-c3ccccc3)c(CC(=O)O)s2)cc1.[Br-]. The number of hydrogen-bond donors (Lipinski definition) is 2. The summed E-state index contributed by atoms with van der Waals surface area (Å²) in [5, 5.41) is 14.1. The summed E-state index contributed by atoms with van der Waals surface area (Å²) >= 11 is 3.05. The number of carboxylic acid groups (broad SMARTS) is 1. The van der Waals surface area contributed by atoms with Crippen molar-refractivity contribution in [2.75, 3.05) is 11.7 Å². The minimum Gasteiger partial charge on any atom is -1.00 e. The third-order valence-electron chi connectivity index (χ3n) is 3.61. The zero-order chi connectivity index (χ0) is 18.4. The van der Waals surface area contributed by atoms with E-state index in [2.05, 4.69) is 15.5 Å². The van der Waals surface area contributed by atoms with Crippen LogP contribution < -0.4 is 27.4 Å². The second-order valence-corrected chi connectivity index (χ2v) is 7.42. The minimum absolute atomic E-state index is 0. The van der Waals surface area contributed by atoms with Crippen LogP contribution in [0.3, 0.4) is 0 Å². The molecule has 0 saturated carbocycles. The molecule has 0 unspecified atom stereocenters. The lowest BCUT2D eigenvalue weighted by molar-refractivity contribution is -0.341. The van der Waals surface area contributed by atoms with Gasteiger partial charge in [0.15, 0.2) is 0 Å². The van der Waals surface area contributed by atoms with Crippen molar-refractivity contribution in [2.45, 2.75) is 11.3 Å². The fourth-order valence-corrected chi connectivity index (χ4v) is 3.76. The number of benzene rings is 2. The van der Waals surface area contributed by atoms with E-state index in [9.17, 15) is 4.79 Å². The summed E-state index contributed by atoms with van der Waals surface area (Å²) in [5.41, 5.74) is 5.70. The molecule has 0 spiro atoms. The maximum atomic E-state index is 11.2. The van der Waals surface area contributed by atoms with Gasteiger partial charge in [-0.3, -0.25) is 4.79 Å². The van der Waals surface area contributed by atoms with E-state index in [0.29, 0.717) is 5.13 Å². The van der Waals surface area contributed by atoms with Gasteiger partial charge in [-0.15, -0.1) is 17.2 Å². The van der Waals surface area contributed by atoms with E-state index in [0.717, 1.165) is 21.7 Å². The predicted molar refractivity (Wildman–Crippen MR) is 107 cm³/mol. The lowest BCUT2D eigenvalue weighted by Gasteiger charge is -1.97. The number of nitrogens with one attached hydrogen (secondary N) is 2. The van der Waals surface area contributed by atoms with Crippen LogP contribution in [0.1, 0.15) is 10.4 Å². The summed E-state index contributed by atoms with van der Waals surface area (Å²) in [6.45, 7) is 0. The molecule has 0 aliphatic heterocycles. The Morgan fingerprint density at radius 2 is 1.93 bits per heavy atom. The Balaban J connectivity index is 0.00000261. The van der Waals surface area contributed by atoms with Crippen LogP contribution in [-0.2, 0) is 11.2 Å². The van der Waals surface area contributed by atoms with Crippen molar-refractivity contribution < 1.29 is 31.9 Å².